The van der Waals surface area contributed by atoms with Gasteiger partial charge in [-0.1, -0.05) is 22.0 Å². The molecule has 110 valence electrons. The number of phenolic OH excluding ortho intramolecular Hbond substituents is 1. The minimum atomic E-state index is 0.160. The summed E-state index contributed by atoms with van der Waals surface area (Å²) in [5.41, 5.74) is 7.19. The molecule has 4 nitrogen and oxygen atoms in total. The lowest BCUT2D eigenvalue weighted by Gasteiger charge is -2.36. The lowest BCUT2D eigenvalue weighted by molar-refractivity contribution is 0.163. The summed E-state index contributed by atoms with van der Waals surface area (Å²) in [6.07, 6.45) is 3.76. The minimum absolute atomic E-state index is 0.160. The number of nitrogen functional groups attached to an aromatic ring is 1. The summed E-state index contributed by atoms with van der Waals surface area (Å²) in [4.78, 5) is 2.40. The summed E-state index contributed by atoms with van der Waals surface area (Å²) in [5, 5.41) is 13.7. The number of hydrogen-bond acceptors (Lipinski definition) is 4. The first-order chi connectivity index (χ1) is 9.65. The van der Waals surface area contributed by atoms with Gasteiger partial charge in [-0.15, -0.1) is 6.58 Å². The number of halogens is 1. The largest absolute Gasteiger partial charge is 0.505 e. The van der Waals surface area contributed by atoms with Crippen molar-refractivity contribution in [3.05, 3.63) is 34.8 Å². The van der Waals surface area contributed by atoms with E-state index < -0.39 is 0 Å². The quantitative estimate of drug-likeness (QED) is 0.438. The van der Waals surface area contributed by atoms with E-state index in [2.05, 4.69) is 32.7 Å². The van der Waals surface area contributed by atoms with Crippen molar-refractivity contribution in [2.24, 2.45) is 0 Å². The molecule has 0 aliphatic carbocycles. The second-order valence-corrected chi connectivity index (χ2v) is 5.92. The van der Waals surface area contributed by atoms with Gasteiger partial charge in [0.1, 0.15) is 5.75 Å². The molecular formula is C15H22BrN3O. The Labute approximate surface area is 128 Å². The van der Waals surface area contributed by atoms with E-state index in [0.717, 1.165) is 49.1 Å². The number of aromatic hydroxyl groups is 1. The van der Waals surface area contributed by atoms with Gasteiger partial charge in [0, 0.05) is 42.3 Å². The third-order valence-electron chi connectivity index (χ3n) is 3.76. The molecule has 1 fully saturated rings. The smallest absolute Gasteiger partial charge is 0.144 e. The average Bonchev–Trinajstić information content (AvgIpc) is 2.47. The third-order valence-corrected chi connectivity index (χ3v) is 4.46. The van der Waals surface area contributed by atoms with Gasteiger partial charge in [0.05, 0.1) is 5.69 Å². The first-order valence-electron chi connectivity index (χ1n) is 6.97. The van der Waals surface area contributed by atoms with Crippen LogP contribution in [0.2, 0.25) is 0 Å². The van der Waals surface area contributed by atoms with Gasteiger partial charge >= 0.3 is 0 Å². The molecule has 1 aliphatic heterocycles. The number of nitrogens with two attached hydrogens (primary N) is 1. The summed E-state index contributed by atoms with van der Waals surface area (Å²) in [6.45, 7) is 7.71. The molecule has 4 N–H and O–H groups in total. The molecule has 5 heteroatoms. The lowest BCUT2D eigenvalue weighted by atomic mass is 9.97. The van der Waals surface area contributed by atoms with Gasteiger partial charge in [0.2, 0.25) is 0 Å². The van der Waals surface area contributed by atoms with Gasteiger partial charge in [0.25, 0.3) is 0 Å². The molecule has 0 amide bonds. The Morgan fingerprint density at radius 1 is 1.45 bits per heavy atom. The number of nitrogens with zero attached hydrogens (tertiary/aromatic N) is 1. The van der Waals surface area contributed by atoms with E-state index in [1.165, 1.54) is 0 Å². The van der Waals surface area contributed by atoms with Gasteiger partial charge in [-0.3, -0.25) is 4.90 Å². The van der Waals surface area contributed by atoms with Crippen LogP contribution in [0.5, 0.6) is 5.75 Å². The molecule has 1 atom stereocenters. The van der Waals surface area contributed by atoms with Gasteiger partial charge in [-0.05, 0) is 25.0 Å². The zero-order valence-corrected chi connectivity index (χ0v) is 13.2. The van der Waals surface area contributed by atoms with Crippen LogP contribution in [-0.2, 0) is 0 Å². The molecule has 0 spiro atoms. The fraction of sp³-hybridized carbons (Fsp3) is 0.467. The van der Waals surface area contributed by atoms with Crippen LogP contribution in [-0.4, -0.2) is 36.2 Å². The standard InChI is InChI=1S/C15H22BrN3O/c1-2-3-4-13(19-9-7-18-8-10-19)14-11(16)5-6-12(17)15(14)20/h2,5-6,13,18,20H,1,3-4,7-10,17H2/t13-/m1/s1. The molecule has 0 aromatic heterocycles. The van der Waals surface area contributed by atoms with Gasteiger partial charge in [-0.25, -0.2) is 0 Å². The Morgan fingerprint density at radius 3 is 2.80 bits per heavy atom. The Balaban J connectivity index is 2.34. The van der Waals surface area contributed by atoms with Crippen LogP contribution in [0.25, 0.3) is 0 Å². The monoisotopic (exact) mass is 339 g/mol. The van der Waals surface area contributed by atoms with Crippen molar-refractivity contribution in [2.75, 3.05) is 31.9 Å². The van der Waals surface area contributed by atoms with Crippen LogP contribution in [0.15, 0.2) is 29.3 Å². The van der Waals surface area contributed by atoms with Crippen molar-refractivity contribution in [3.63, 3.8) is 0 Å². The number of hydrogen-bond donors (Lipinski definition) is 3. The van der Waals surface area contributed by atoms with Crippen LogP contribution in [0, 0.1) is 0 Å². The topological polar surface area (TPSA) is 61.5 Å². The normalized spacial score (nSPS) is 17.9. The van der Waals surface area contributed by atoms with E-state index in [4.69, 9.17) is 5.73 Å². The van der Waals surface area contributed by atoms with Crippen molar-refractivity contribution in [3.8, 4) is 5.75 Å². The van der Waals surface area contributed by atoms with Crippen molar-refractivity contribution >= 4 is 21.6 Å². The fourth-order valence-corrected chi connectivity index (χ4v) is 3.28. The van der Waals surface area contributed by atoms with E-state index in [0.29, 0.717) is 5.69 Å². The molecule has 0 radical (unpaired) electrons. The maximum Gasteiger partial charge on any atom is 0.144 e. The van der Waals surface area contributed by atoms with E-state index in [1.54, 1.807) is 6.07 Å². The van der Waals surface area contributed by atoms with Crippen molar-refractivity contribution in [2.45, 2.75) is 18.9 Å². The molecule has 1 aliphatic rings. The maximum atomic E-state index is 10.4. The summed E-state index contributed by atoms with van der Waals surface area (Å²) in [5.74, 6) is 0.201. The highest BCUT2D eigenvalue weighted by molar-refractivity contribution is 9.10. The molecule has 1 aromatic carbocycles. The van der Waals surface area contributed by atoms with Crippen molar-refractivity contribution in [1.29, 1.82) is 0 Å². The Hall–Kier alpha value is -1.04. The first-order valence-corrected chi connectivity index (χ1v) is 7.77. The molecule has 1 aromatic rings. The van der Waals surface area contributed by atoms with E-state index in [9.17, 15) is 5.11 Å². The SMILES string of the molecule is C=CCC[C@H](c1c(Br)ccc(N)c1O)N1CCNCC1. The molecule has 0 saturated carbocycles. The summed E-state index contributed by atoms with van der Waals surface area (Å²) >= 11 is 3.56. The number of benzene rings is 1. The Bertz CT molecular complexity index is 472. The summed E-state index contributed by atoms with van der Waals surface area (Å²) < 4.78 is 0.914. The second kappa shape index (κ2) is 7.11. The second-order valence-electron chi connectivity index (χ2n) is 5.07. The summed E-state index contributed by atoms with van der Waals surface area (Å²) in [7, 11) is 0. The summed E-state index contributed by atoms with van der Waals surface area (Å²) in [6, 6.07) is 3.80. The van der Waals surface area contributed by atoms with E-state index in [1.807, 2.05) is 12.1 Å². The Morgan fingerprint density at radius 2 is 2.15 bits per heavy atom. The molecule has 2 rings (SSSR count). The number of piperazine rings is 1. The van der Waals surface area contributed by atoms with Crippen molar-refractivity contribution in [1.82, 2.24) is 10.2 Å². The molecule has 0 unspecified atom stereocenters. The molecular weight excluding hydrogens is 318 g/mol. The highest BCUT2D eigenvalue weighted by Crippen LogP contribution is 2.40. The van der Waals surface area contributed by atoms with Crippen LogP contribution in [0.1, 0.15) is 24.4 Å². The van der Waals surface area contributed by atoms with Gasteiger partial charge in [0.15, 0.2) is 0 Å². The fourth-order valence-electron chi connectivity index (χ4n) is 2.70. The number of anilines is 1. The molecule has 1 heterocycles. The van der Waals surface area contributed by atoms with Crippen LogP contribution in [0.4, 0.5) is 5.69 Å². The van der Waals surface area contributed by atoms with Gasteiger partial charge < -0.3 is 16.2 Å². The van der Waals surface area contributed by atoms with E-state index in [-0.39, 0.29) is 11.8 Å². The van der Waals surface area contributed by atoms with Crippen molar-refractivity contribution < 1.29 is 5.11 Å². The van der Waals surface area contributed by atoms with Gasteiger partial charge in [-0.2, -0.15) is 0 Å². The number of phenols is 1. The first kappa shape index (κ1) is 15.4. The zero-order chi connectivity index (χ0) is 14.5. The number of nitrogens with one attached hydrogen (secondary N) is 1. The highest BCUT2D eigenvalue weighted by atomic mass is 79.9. The molecule has 20 heavy (non-hydrogen) atoms. The third kappa shape index (κ3) is 3.34. The lowest BCUT2D eigenvalue weighted by Crippen LogP contribution is -2.45. The van der Waals surface area contributed by atoms with Crippen LogP contribution >= 0.6 is 15.9 Å². The highest BCUT2D eigenvalue weighted by Gasteiger charge is 2.26. The predicted molar refractivity (Wildman–Crippen MR) is 86.8 cm³/mol. The van der Waals surface area contributed by atoms with Crippen LogP contribution < -0.4 is 11.1 Å². The average molecular weight is 340 g/mol. The zero-order valence-electron chi connectivity index (χ0n) is 11.6. The number of rotatable bonds is 5. The van der Waals surface area contributed by atoms with Crippen LogP contribution in [0.3, 0.4) is 0 Å². The maximum absolute atomic E-state index is 10.4. The predicted octanol–water partition coefficient (Wildman–Crippen LogP) is 2.65. The molecule has 1 saturated heterocycles. The Kier molecular flexibility index (Phi) is 5.46. The molecule has 0 bridgehead atoms. The minimum Gasteiger partial charge on any atom is -0.505 e. The number of allylic oxidation sites excluding steroid dienone is 1. The van der Waals surface area contributed by atoms with E-state index >= 15 is 0 Å².